The fourth-order valence-corrected chi connectivity index (χ4v) is 3.56. The molecule has 1 atom stereocenters. The van der Waals surface area contributed by atoms with Crippen LogP contribution < -0.4 is 0 Å². The Labute approximate surface area is 153 Å². The van der Waals surface area contributed by atoms with Gasteiger partial charge >= 0.3 is 0 Å². The molecule has 0 heterocycles. The van der Waals surface area contributed by atoms with Crippen LogP contribution in [0.4, 0.5) is 0 Å². The highest BCUT2D eigenvalue weighted by atomic mass is 32.3. The van der Waals surface area contributed by atoms with Gasteiger partial charge in [0.15, 0.2) is 5.78 Å². The van der Waals surface area contributed by atoms with Crippen molar-refractivity contribution in [3.05, 3.63) is 52.1 Å². The van der Waals surface area contributed by atoms with Crippen LogP contribution in [0.1, 0.15) is 44.3 Å². The molecule has 0 aromatic heterocycles. The van der Waals surface area contributed by atoms with E-state index in [9.17, 15) is 37.9 Å². The number of benzene rings is 2. The fourth-order valence-electron chi connectivity index (χ4n) is 3.09. The van der Waals surface area contributed by atoms with Gasteiger partial charge in [0, 0.05) is 17.2 Å². The van der Waals surface area contributed by atoms with Crippen LogP contribution in [-0.4, -0.2) is 46.0 Å². The van der Waals surface area contributed by atoms with Crippen molar-refractivity contribution in [2.75, 3.05) is 0 Å². The lowest BCUT2D eigenvalue weighted by atomic mass is 9.81. The number of carbonyl (C=O) groups is 2. The quantitative estimate of drug-likeness (QED) is 0.433. The molecule has 0 aliphatic heterocycles. The number of phenolic OH excluding ortho intramolecular Hbond substituents is 3. The maximum absolute atomic E-state index is 12.7. The Morgan fingerprint density at radius 2 is 1.52 bits per heavy atom. The van der Waals surface area contributed by atoms with E-state index in [1.165, 1.54) is 13.0 Å². The van der Waals surface area contributed by atoms with Gasteiger partial charge in [0.2, 0.25) is 16.2 Å². The van der Waals surface area contributed by atoms with E-state index in [0.717, 1.165) is 18.2 Å². The van der Waals surface area contributed by atoms with Gasteiger partial charge in [-0.25, -0.2) is 8.42 Å². The third-order valence-corrected chi connectivity index (χ3v) is 4.59. The minimum atomic E-state index is -4.93. The van der Waals surface area contributed by atoms with E-state index in [0.29, 0.717) is 0 Å². The van der Waals surface area contributed by atoms with E-state index in [4.69, 9.17) is 0 Å². The summed E-state index contributed by atoms with van der Waals surface area (Å²) in [5.41, 5.74) is -0.807. The second-order valence-corrected chi connectivity index (χ2v) is 7.11. The molecule has 0 amide bonds. The molecular formula is C17H13O9S-. The van der Waals surface area contributed by atoms with Gasteiger partial charge in [-0.05, 0) is 37.1 Å². The highest BCUT2D eigenvalue weighted by molar-refractivity contribution is 7.80. The van der Waals surface area contributed by atoms with E-state index in [2.05, 4.69) is 4.18 Å². The maximum atomic E-state index is 12.7. The first kappa shape index (κ1) is 18.8. The van der Waals surface area contributed by atoms with Crippen LogP contribution in [0.2, 0.25) is 0 Å². The summed E-state index contributed by atoms with van der Waals surface area (Å²) >= 11 is 0. The van der Waals surface area contributed by atoms with Crippen molar-refractivity contribution >= 4 is 22.0 Å². The van der Waals surface area contributed by atoms with Crippen molar-refractivity contribution < 1.29 is 42.1 Å². The molecule has 0 saturated carbocycles. The van der Waals surface area contributed by atoms with E-state index in [-0.39, 0.29) is 34.2 Å². The number of hydrogen-bond acceptors (Lipinski definition) is 9. The number of hydrogen-bond donors (Lipinski definition) is 3. The van der Waals surface area contributed by atoms with E-state index < -0.39 is 45.3 Å². The summed E-state index contributed by atoms with van der Waals surface area (Å²) in [4.78, 5) is 25.3. The molecule has 3 N–H and O–H groups in total. The zero-order valence-corrected chi connectivity index (χ0v) is 14.6. The maximum Gasteiger partial charge on any atom is 0.217 e. The first-order valence-electron chi connectivity index (χ1n) is 7.63. The van der Waals surface area contributed by atoms with Crippen molar-refractivity contribution in [1.29, 1.82) is 0 Å². The zero-order chi connectivity index (χ0) is 20.1. The van der Waals surface area contributed by atoms with Gasteiger partial charge in [-0.1, -0.05) is 0 Å². The lowest BCUT2D eigenvalue weighted by Crippen LogP contribution is -2.22. The van der Waals surface area contributed by atoms with Gasteiger partial charge in [-0.2, -0.15) is 0 Å². The predicted molar refractivity (Wildman–Crippen MR) is 88.7 cm³/mol. The average molecular weight is 393 g/mol. The monoisotopic (exact) mass is 393 g/mol. The molecule has 142 valence electrons. The molecule has 2 aromatic rings. The van der Waals surface area contributed by atoms with E-state index >= 15 is 0 Å². The minimum Gasteiger partial charge on any atom is -0.726 e. The lowest BCUT2D eigenvalue weighted by molar-refractivity contribution is 0.0973. The molecule has 0 fully saturated rings. The van der Waals surface area contributed by atoms with Crippen molar-refractivity contribution in [3.63, 3.8) is 0 Å². The number of carbonyl (C=O) groups excluding carboxylic acids is 2. The minimum absolute atomic E-state index is 0.137. The van der Waals surface area contributed by atoms with Gasteiger partial charge < -0.3 is 19.9 Å². The van der Waals surface area contributed by atoms with Crippen molar-refractivity contribution in [3.8, 4) is 17.2 Å². The van der Waals surface area contributed by atoms with Gasteiger partial charge in [-0.15, -0.1) is 0 Å². The third kappa shape index (κ3) is 3.50. The molecular weight excluding hydrogens is 380 g/mol. The Bertz CT molecular complexity index is 1090. The van der Waals surface area contributed by atoms with Crippen LogP contribution in [0.5, 0.6) is 17.2 Å². The Morgan fingerprint density at radius 1 is 0.963 bits per heavy atom. The lowest BCUT2D eigenvalue weighted by Gasteiger charge is -2.21. The van der Waals surface area contributed by atoms with Gasteiger partial charge in [0.1, 0.15) is 17.2 Å². The fraction of sp³-hybridized carbons (Fsp3) is 0.176. The van der Waals surface area contributed by atoms with Gasteiger partial charge in [0.05, 0.1) is 17.2 Å². The molecule has 1 unspecified atom stereocenters. The summed E-state index contributed by atoms with van der Waals surface area (Å²) in [6.45, 7) is 1.31. The van der Waals surface area contributed by atoms with Crippen LogP contribution in [0.25, 0.3) is 0 Å². The van der Waals surface area contributed by atoms with E-state index in [1.807, 2.05) is 0 Å². The second-order valence-electron chi connectivity index (χ2n) is 6.10. The number of phenols is 3. The topological polar surface area (TPSA) is 161 Å². The molecule has 27 heavy (non-hydrogen) atoms. The first-order chi connectivity index (χ1) is 12.5. The van der Waals surface area contributed by atoms with Crippen LogP contribution >= 0.6 is 0 Å². The SMILES string of the molecule is CC(Cc1cc(O)c2c(c1)C(=O)c1cc(O)cc(O)c1C2=O)OS(=O)(=O)[O-]. The van der Waals surface area contributed by atoms with Crippen LogP contribution in [0.3, 0.4) is 0 Å². The smallest absolute Gasteiger partial charge is 0.217 e. The molecule has 3 rings (SSSR count). The molecule has 0 spiro atoms. The molecule has 0 bridgehead atoms. The largest absolute Gasteiger partial charge is 0.726 e. The van der Waals surface area contributed by atoms with Crippen LogP contribution in [0.15, 0.2) is 24.3 Å². The summed E-state index contributed by atoms with van der Waals surface area (Å²) in [5.74, 6) is -3.07. The summed E-state index contributed by atoms with van der Waals surface area (Å²) in [6.07, 6.45) is -1.21. The predicted octanol–water partition coefficient (Wildman–Crippen LogP) is 0.987. The Kier molecular flexibility index (Phi) is 4.42. The third-order valence-electron chi connectivity index (χ3n) is 4.03. The van der Waals surface area contributed by atoms with Gasteiger partial charge in [0.25, 0.3) is 0 Å². The number of fused-ring (bicyclic) bond motifs is 2. The van der Waals surface area contributed by atoms with Gasteiger partial charge in [-0.3, -0.25) is 13.8 Å². The second kappa shape index (κ2) is 6.34. The number of rotatable bonds is 4. The average Bonchev–Trinajstić information content (AvgIpc) is 2.49. The molecule has 2 aromatic carbocycles. The molecule has 0 radical (unpaired) electrons. The van der Waals surface area contributed by atoms with Crippen molar-refractivity contribution in [1.82, 2.24) is 0 Å². The Morgan fingerprint density at radius 3 is 2.11 bits per heavy atom. The summed E-state index contributed by atoms with van der Waals surface area (Å²) < 4.78 is 36.2. The highest BCUT2D eigenvalue weighted by Crippen LogP contribution is 2.39. The van der Waals surface area contributed by atoms with Crippen LogP contribution in [0, 0.1) is 0 Å². The summed E-state index contributed by atoms with van der Waals surface area (Å²) in [6, 6.07) is 4.33. The van der Waals surface area contributed by atoms with Crippen molar-refractivity contribution in [2.45, 2.75) is 19.4 Å². The zero-order valence-electron chi connectivity index (χ0n) is 13.8. The molecule has 0 saturated heterocycles. The van der Waals surface area contributed by atoms with Crippen molar-refractivity contribution in [2.24, 2.45) is 0 Å². The molecule has 1 aliphatic carbocycles. The first-order valence-corrected chi connectivity index (χ1v) is 8.96. The standard InChI is InChI=1S/C17H14O9S/c1-7(26-27(23,24)25)2-8-3-10-14(12(19)4-8)17(22)15-11(16(10)21)5-9(18)6-13(15)20/h3-7,18-20H,2H2,1H3,(H,23,24,25)/p-1. The molecule has 9 nitrogen and oxygen atoms in total. The summed E-state index contributed by atoms with van der Waals surface area (Å²) in [7, 11) is -4.93. The highest BCUT2D eigenvalue weighted by Gasteiger charge is 2.35. The molecule has 1 aliphatic rings. The van der Waals surface area contributed by atoms with E-state index in [1.54, 1.807) is 0 Å². The Hall–Kier alpha value is -2.95. The number of aromatic hydroxyl groups is 3. The summed E-state index contributed by atoms with van der Waals surface area (Å²) in [5, 5.41) is 29.7. The Balaban J connectivity index is 2.07. The van der Waals surface area contributed by atoms with Crippen LogP contribution in [-0.2, 0) is 21.0 Å². The normalized spacial score (nSPS) is 14.6. The molecule has 10 heteroatoms. The number of ketones is 2.